The predicted octanol–water partition coefficient (Wildman–Crippen LogP) is -5.66. The summed E-state index contributed by atoms with van der Waals surface area (Å²) in [4.78, 5) is 179. The summed E-state index contributed by atoms with van der Waals surface area (Å²) in [5.41, 5.74) is 30.8. The van der Waals surface area contributed by atoms with Gasteiger partial charge in [0.15, 0.2) is 5.96 Å². The van der Waals surface area contributed by atoms with Crippen LogP contribution >= 0.6 is 0 Å². The molecule has 0 aliphatic rings. The molecule has 514 valence electrons. The summed E-state index contributed by atoms with van der Waals surface area (Å²) in [7, 11) is 0. The third-order valence-corrected chi connectivity index (χ3v) is 14.6. The van der Waals surface area contributed by atoms with Crippen LogP contribution in [0.15, 0.2) is 115 Å². The summed E-state index contributed by atoms with van der Waals surface area (Å²) in [5.74, 6) is -14.1. The molecule has 1 heterocycles. The number of benzene rings is 4. The van der Waals surface area contributed by atoms with E-state index in [2.05, 4.69) is 63.5 Å². The summed E-state index contributed by atoms with van der Waals surface area (Å²) in [5, 5.41) is 54.7. The van der Waals surface area contributed by atoms with Crippen LogP contribution in [0, 0.1) is 11.3 Å². The van der Waals surface area contributed by atoms with Crippen molar-refractivity contribution in [3.63, 3.8) is 0 Å². The Kier molecular flexibility index (Phi) is 29.2. The van der Waals surface area contributed by atoms with Gasteiger partial charge in [-0.15, -0.1) is 0 Å². The van der Waals surface area contributed by atoms with E-state index in [1.165, 1.54) is 30.5 Å². The van der Waals surface area contributed by atoms with Gasteiger partial charge in [0.25, 0.3) is 0 Å². The number of aromatic nitrogens is 1. The first kappa shape index (κ1) is 75.2. The number of aromatic hydroxyl groups is 1. The Morgan fingerprint density at radius 2 is 0.906 bits per heavy atom. The highest BCUT2D eigenvalue weighted by molar-refractivity contribution is 6.00. The maximum atomic E-state index is 14.5. The molecule has 96 heavy (non-hydrogen) atoms. The SMILES string of the molecule is CC(C)C[C@H](NC(=O)CNC(=O)[C@H](Cc1ccccc1)NC(=O)[C@H](CO)NC(=O)[C@H](CC(N)=O)NC(=O)[C@H](Cc1c[nH]c2ccccc12)NC(=O)[C@H](CC(N)=O)NC(=O)[C@@H](N)Cc1ccc(O)cc1)C(=O)N[C@@H](CNC(=O)CNC(=N)N)C(=O)N[C@@H](Cc1ccccc1)C(N)=O. The van der Waals surface area contributed by atoms with Gasteiger partial charge in [-0.1, -0.05) is 105 Å². The predicted molar refractivity (Wildman–Crippen MR) is 347 cm³/mol. The number of phenolic OH excluding ortho intramolecular Hbond substituents is 1. The first-order chi connectivity index (χ1) is 45.6. The van der Waals surface area contributed by atoms with Crippen LogP contribution in [0.25, 0.3) is 10.9 Å². The third-order valence-electron chi connectivity index (χ3n) is 14.6. The smallest absolute Gasteiger partial charge is 0.245 e. The number of phenols is 1. The number of guanidine groups is 1. The number of H-pyrrole nitrogens is 1. The number of primary amides is 3. The quantitative estimate of drug-likeness (QED) is 0.0129. The fourth-order valence-electron chi connectivity index (χ4n) is 9.67. The van der Waals surface area contributed by atoms with Crippen molar-refractivity contribution in [2.45, 2.75) is 113 Å². The van der Waals surface area contributed by atoms with Crippen LogP contribution in [-0.4, -0.2) is 179 Å². The zero-order valence-corrected chi connectivity index (χ0v) is 52.6. The number of amides is 13. The number of para-hydroxylation sites is 1. The number of aliphatic hydroxyl groups is 1. The number of hydrogen-bond acceptors (Lipinski definition) is 17. The minimum Gasteiger partial charge on any atom is -0.508 e. The molecule has 0 saturated heterocycles. The molecule has 0 aliphatic carbocycles. The molecule has 0 radical (unpaired) electrons. The van der Waals surface area contributed by atoms with E-state index in [9.17, 15) is 72.5 Å². The summed E-state index contributed by atoms with van der Waals surface area (Å²) < 4.78 is 0. The number of nitrogens with two attached hydrogens (primary N) is 5. The van der Waals surface area contributed by atoms with Crippen molar-refractivity contribution in [2.24, 2.45) is 34.6 Å². The molecule has 5 aromatic rings. The fraction of sp³-hybridized carbons (Fsp3) is 0.365. The maximum Gasteiger partial charge on any atom is 0.245 e. The van der Waals surface area contributed by atoms with E-state index < -0.39 is 176 Å². The molecule has 4 aromatic carbocycles. The standard InChI is InChI=1S/C63H82N18O15/c1-33(2)21-43(57(91)80-48(29-71-52(86)30-73-63(68)69)61(95)75-42(54(67)88)23-34-11-5-3-6-12-34)74-53(87)31-72-56(90)44(24-35-13-7-4-8-14-35)77-62(96)49(32-82)81-60(94)47(27-51(66)85)79-58(92)45(25-37-28-70-41-16-10-9-15-39(37)41)78-59(93)46(26-50(65)84)76-55(89)40(64)22-36-17-19-38(83)20-18-36/h3-20,28,33,40,42-49,70,82-83H,21-27,29-32,64H2,1-2H3,(H2,65,84)(H2,66,85)(H2,67,88)(H,71,86)(H,72,90)(H,74,87)(H,75,95)(H,76,89)(H,77,96)(H,78,93)(H,79,92)(H,80,91)(H,81,94)(H4,68,69,73)/t40-,42-,43-,44-,45-,46-,47-,48-,49-/m0/s1. The minimum absolute atomic E-state index is 0.0379. The van der Waals surface area contributed by atoms with Gasteiger partial charge in [-0.05, 0) is 59.2 Å². The molecule has 33 heteroatoms. The number of rotatable bonds is 38. The molecule has 0 saturated carbocycles. The number of hydrogen-bond donors (Lipinski definition) is 20. The highest BCUT2D eigenvalue weighted by Gasteiger charge is 2.36. The van der Waals surface area contributed by atoms with Crippen molar-refractivity contribution in [1.29, 1.82) is 5.41 Å². The van der Waals surface area contributed by atoms with E-state index in [1.54, 1.807) is 98.8 Å². The fourth-order valence-corrected chi connectivity index (χ4v) is 9.67. The first-order valence-corrected chi connectivity index (χ1v) is 30.3. The summed E-state index contributed by atoms with van der Waals surface area (Å²) in [6.45, 7) is 0.428. The number of nitrogens with one attached hydrogen (secondary N) is 13. The Bertz CT molecular complexity index is 3570. The van der Waals surface area contributed by atoms with Gasteiger partial charge in [-0.3, -0.25) is 67.7 Å². The largest absolute Gasteiger partial charge is 0.508 e. The van der Waals surface area contributed by atoms with Crippen molar-refractivity contribution < 1.29 is 72.5 Å². The van der Waals surface area contributed by atoms with Gasteiger partial charge in [-0.2, -0.15) is 0 Å². The second-order valence-corrected chi connectivity index (χ2v) is 22.8. The van der Waals surface area contributed by atoms with Crippen LogP contribution in [0.3, 0.4) is 0 Å². The van der Waals surface area contributed by atoms with Gasteiger partial charge in [0.2, 0.25) is 76.8 Å². The Labute approximate surface area is 550 Å². The molecule has 1 aromatic heterocycles. The van der Waals surface area contributed by atoms with Crippen LogP contribution in [0.1, 0.15) is 55.4 Å². The van der Waals surface area contributed by atoms with E-state index in [0.29, 0.717) is 33.2 Å². The lowest BCUT2D eigenvalue weighted by Crippen LogP contribution is -2.61. The van der Waals surface area contributed by atoms with Crippen molar-refractivity contribution in [2.75, 3.05) is 26.2 Å². The number of aliphatic hydroxyl groups excluding tert-OH is 1. The zero-order chi connectivity index (χ0) is 70.6. The van der Waals surface area contributed by atoms with E-state index in [1.807, 2.05) is 0 Å². The highest BCUT2D eigenvalue weighted by atomic mass is 16.3. The summed E-state index contributed by atoms with van der Waals surface area (Å²) in [6, 6.07) is 15.0. The highest BCUT2D eigenvalue weighted by Crippen LogP contribution is 2.20. The zero-order valence-electron chi connectivity index (χ0n) is 52.6. The molecular weight excluding hydrogens is 1250 g/mol. The van der Waals surface area contributed by atoms with Crippen LogP contribution in [0.4, 0.5) is 0 Å². The number of carbonyl (C=O) groups is 13. The van der Waals surface area contributed by atoms with Crippen LogP contribution in [-0.2, 0) is 88.0 Å². The molecular formula is C63H82N18O15. The monoisotopic (exact) mass is 1330 g/mol. The first-order valence-electron chi connectivity index (χ1n) is 30.3. The molecule has 9 atom stereocenters. The van der Waals surface area contributed by atoms with Gasteiger partial charge in [-0.25, -0.2) is 0 Å². The lowest BCUT2D eigenvalue weighted by atomic mass is 10.0. The van der Waals surface area contributed by atoms with Gasteiger partial charge in [0.1, 0.15) is 54.1 Å². The molecule has 0 spiro atoms. The number of aromatic amines is 1. The Hall–Kier alpha value is -11.5. The average molecular weight is 1330 g/mol. The molecule has 0 bridgehead atoms. The van der Waals surface area contributed by atoms with Gasteiger partial charge in [0, 0.05) is 42.9 Å². The molecule has 0 unspecified atom stereocenters. The van der Waals surface area contributed by atoms with E-state index in [-0.39, 0.29) is 43.8 Å². The minimum atomic E-state index is -1.93. The maximum absolute atomic E-state index is 14.5. The van der Waals surface area contributed by atoms with Crippen LogP contribution in [0.2, 0.25) is 0 Å². The molecule has 33 nitrogen and oxygen atoms in total. The Morgan fingerprint density at radius 1 is 0.458 bits per heavy atom. The van der Waals surface area contributed by atoms with Crippen molar-refractivity contribution in [3.8, 4) is 5.75 Å². The topological polar surface area (TPSA) is 564 Å². The Morgan fingerprint density at radius 3 is 1.46 bits per heavy atom. The molecule has 0 aliphatic heterocycles. The third kappa shape index (κ3) is 25.2. The average Bonchev–Trinajstić information content (AvgIpc) is 1.62. The Balaban J connectivity index is 1.31. The molecule has 25 N–H and O–H groups in total. The normalized spacial score (nSPS) is 13.8. The van der Waals surface area contributed by atoms with Gasteiger partial charge < -0.3 is 102 Å². The van der Waals surface area contributed by atoms with Crippen LogP contribution in [0.5, 0.6) is 5.75 Å². The second-order valence-electron chi connectivity index (χ2n) is 22.8. The lowest BCUT2D eigenvalue weighted by Gasteiger charge is -2.27. The molecule has 13 amide bonds. The van der Waals surface area contributed by atoms with Gasteiger partial charge in [0.05, 0.1) is 38.6 Å². The lowest BCUT2D eigenvalue weighted by molar-refractivity contribution is -0.136. The molecule has 5 rings (SSSR count). The van der Waals surface area contributed by atoms with Crippen molar-refractivity contribution in [3.05, 3.63) is 138 Å². The summed E-state index contributed by atoms with van der Waals surface area (Å²) >= 11 is 0. The number of carbonyl (C=O) groups excluding carboxylic acids is 13. The van der Waals surface area contributed by atoms with Crippen LogP contribution < -0.4 is 87.2 Å². The summed E-state index contributed by atoms with van der Waals surface area (Å²) in [6.07, 6.45) is -0.876. The molecule has 0 fully saturated rings. The van der Waals surface area contributed by atoms with Crippen molar-refractivity contribution in [1.82, 2.24) is 63.5 Å². The number of fused-ring (bicyclic) bond motifs is 1. The van der Waals surface area contributed by atoms with Gasteiger partial charge >= 0.3 is 0 Å². The van der Waals surface area contributed by atoms with E-state index >= 15 is 0 Å². The van der Waals surface area contributed by atoms with E-state index in [0.717, 1.165) is 0 Å². The second kappa shape index (κ2) is 37.3. The van der Waals surface area contributed by atoms with E-state index in [4.69, 9.17) is 34.1 Å². The van der Waals surface area contributed by atoms with Crippen molar-refractivity contribution >= 4 is 93.7 Å².